The molecule has 2 rings (SSSR count). The van der Waals surface area contributed by atoms with Gasteiger partial charge in [-0.1, -0.05) is 30.3 Å². The number of aliphatic carboxylic acids is 1. The van der Waals surface area contributed by atoms with Crippen molar-refractivity contribution < 1.29 is 19.4 Å². The molecule has 0 aromatic heterocycles. The number of hydrogen-bond acceptors (Lipinski definition) is 3. The maximum atomic E-state index is 11.8. The van der Waals surface area contributed by atoms with Gasteiger partial charge < -0.3 is 9.84 Å². The van der Waals surface area contributed by atoms with Gasteiger partial charge in [0.25, 0.3) is 0 Å². The molecule has 0 aliphatic carbocycles. The standard InChI is InChI=1S/C17H16O4/c1-2-21-15-8-4-6-13(10-15)12-5-3-7-14(9-12)16(18)11-17(19)20/h3-10H,2,11H2,1H3,(H,19,20). The highest BCUT2D eigenvalue weighted by Crippen LogP contribution is 2.25. The van der Waals surface area contributed by atoms with Crippen LogP contribution in [0.5, 0.6) is 5.75 Å². The number of hydrogen-bond donors (Lipinski definition) is 1. The molecule has 2 aromatic rings. The summed E-state index contributed by atoms with van der Waals surface area (Å²) in [7, 11) is 0. The maximum absolute atomic E-state index is 11.8. The summed E-state index contributed by atoms with van der Waals surface area (Å²) >= 11 is 0. The maximum Gasteiger partial charge on any atom is 0.311 e. The molecule has 0 aliphatic rings. The van der Waals surface area contributed by atoms with Crippen molar-refractivity contribution in [3.05, 3.63) is 54.1 Å². The van der Waals surface area contributed by atoms with Crippen molar-refractivity contribution in [3.8, 4) is 16.9 Å². The molecule has 0 atom stereocenters. The van der Waals surface area contributed by atoms with Crippen LogP contribution in [0.15, 0.2) is 48.5 Å². The average molecular weight is 284 g/mol. The SMILES string of the molecule is CCOc1cccc(-c2cccc(C(=O)CC(=O)O)c2)c1. The fourth-order valence-electron chi connectivity index (χ4n) is 2.04. The number of Topliss-reactive ketones (excluding diaryl/α,β-unsaturated/α-hetero) is 1. The lowest BCUT2D eigenvalue weighted by Crippen LogP contribution is -2.06. The summed E-state index contributed by atoms with van der Waals surface area (Å²) in [6.45, 7) is 2.50. The van der Waals surface area contributed by atoms with Crippen molar-refractivity contribution in [2.45, 2.75) is 13.3 Å². The number of benzene rings is 2. The molecule has 0 saturated carbocycles. The van der Waals surface area contributed by atoms with Gasteiger partial charge in [-0.15, -0.1) is 0 Å². The van der Waals surface area contributed by atoms with E-state index in [-0.39, 0.29) is 0 Å². The molecule has 0 heterocycles. The summed E-state index contributed by atoms with van der Waals surface area (Å²) < 4.78 is 5.45. The van der Waals surface area contributed by atoms with E-state index >= 15 is 0 Å². The Morgan fingerprint density at radius 2 is 1.71 bits per heavy atom. The summed E-state index contributed by atoms with van der Waals surface area (Å²) in [5, 5.41) is 8.69. The van der Waals surface area contributed by atoms with E-state index in [2.05, 4.69) is 0 Å². The second kappa shape index (κ2) is 6.70. The molecule has 0 saturated heterocycles. The van der Waals surface area contributed by atoms with Crippen LogP contribution in [0.1, 0.15) is 23.7 Å². The van der Waals surface area contributed by atoms with E-state index in [1.54, 1.807) is 18.2 Å². The lowest BCUT2D eigenvalue weighted by Gasteiger charge is -2.07. The summed E-state index contributed by atoms with van der Waals surface area (Å²) in [6.07, 6.45) is -0.498. The Morgan fingerprint density at radius 1 is 1.05 bits per heavy atom. The molecule has 108 valence electrons. The third kappa shape index (κ3) is 3.92. The summed E-state index contributed by atoms with van der Waals surface area (Å²) in [5.74, 6) is -0.758. The second-order valence-electron chi connectivity index (χ2n) is 4.54. The second-order valence-corrected chi connectivity index (χ2v) is 4.54. The van der Waals surface area contributed by atoms with E-state index in [1.165, 1.54) is 0 Å². The number of rotatable bonds is 6. The topological polar surface area (TPSA) is 63.6 Å². The molecule has 0 spiro atoms. The molecule has 2 aromatic carbocycles. The molecule has 4 nitrogen and oxygen atoms in total. The third-order valence-corrected chi connectivity index (χ3v) is 2.97. The summed E-state index contributed by atoms with van der Waals surface area (Å²) in [4.78, 5) is 22.4. The smallest absolute Gasteiger partial charge is 0.311 e. The predicted octanol–water partition coefficient (Wildman–Crippen LogP) is 3.41. The van der Waals surface area contributed by atoms with E-state index in [0.29, 0.717) is 12.2 Å². The Bertz CT molecular complexity index is 661. The Balaban J connectivity index is 2.30. The quantitative estimate of drug-likeness (QED) is 0.652. The molecule has 0 unspecified atom stereocenters. The molecule has 0 amide bonds. The van der Waals surface area contributed by atoms with E-state index in [4.69, 9.17) is 9.84 Å². The zero-order chi connectivity index (χ0) is 15.2. The minimum Gasteiger partial charge on any atom is -0.494 e. The first-order chi connectivity index (χ1) is 10.1. The number of ether oxygens (including phenoxy) is 1. The Kier molecular flexibility index (Phi) is 4.72. The van der Waals surface area contributed by atoms with Gasteiger partial charge in [-0.3, -0.25) is 9.59 Å². The third-order valence-electron chi connectivity index (χ3n) is 2.97. The van der Waals surface area contributed by atoms with Crippen LogP contribution < -0.4 is 4.74 Å². The molecule has 0 bridgehead atoms. The van der Waals surface area contributed by atoms with Gasteiger partial charge in [0, 0.05) is 5.56 Å². The first-order valence-electron chi connectivity index (χ1n) is 6.68. The minimum absolute atomic E-state index is 0.398. The van der Waals surface area contributed by atoms with E-state index in [0.717, 1.165) is 16.9 Å². The molecule has 0 fully saturated rings. The van der Waals surface area contributed by atoms with Crippen LogP contribution >= 0.6 is 0 Å². The Morgan fingerprint density at radius 3 is 2.38 bits per heavy atom. The summed E-state index contributed by atoms with van der Waals surface area (Å²) in [5.41, 5.74) is 2.18. The monoisotopic (exact) mass is 284 g/mol. The van der Waals surface area contributed by atoms with Crippen molar-refractivity contribution in [1.29, 1.82) is 0 Å². The van der Waals surface area contributed by atoms with Crippen LogP contribution in [0.3, 0.4) is 0 Å². The molecule has 1 N–H and O–H groups in total. The lowest BCUT2D eigenvalue weighted by atomic mass is 10.00. The van der Waals surface area contributed by atoms with Gasteiger partial charge in [-0.25, -0.2) is 0 Å². The first kappa shape index (κ1) is 14.8. The lowest BCUT2D eigenvalue weighted by molar-refractivity contribution is -0.135. The molecule has 4 heteroatoms. The summed E-state index contributed by atoms with van der Waals surface area (Å²) in [6, 6.07) is 14.5. The van der Waals surface area contributed by atoms with Crippen LogP contribution in [0.25, 0.3) is 11.1 Å². The molecule has 0 aliphatic heterocycles. The number of carbonyl (C=O) groups is 2. The van der Waals surface area contributed by atoms with E-state index < -0.39 is 18.2 Å². The van der Waals surface area contributed by atoms with Crippen molar-refractivity contribution in [3.63, 3.8) is 0 Å². The predicted molar refractivity (Wildman–Crippen MR) is 79.6 cm³/mol. The Hall–Kier alpha value is -2.62. The van der Waals surface area contributed by atoms with Crippen LogP contribution in [-0.2, 0) is 4.79 Å². The van der Waals surface area contributed by atoms with Gasteiger partial charge >= 0.3 is 5.97 Å². The number of carboxylic acids is 1. The van der Waals surface area contributed by atoms with Crippen LogP contribution in [0.4, 0.5) is 0 Å². The molecule has 21 heavy (non-hydrogen) atoms. The zero-order valence-corrected chi connectivity index (χ0v) is 11.7. The molecule has 0 radical (unpaired) electrons. The normalized spacial score (nSPS) is 10.1. The van der Waals surface area contributed by atoms with Gasteiger partial charge in [-0.05, 0) is 36.2 Å². The van der Waals surface area contributed by atoms with Gasteiger partial charge in [0.1, 0.15) is 12.2 Å². The minimum atomic E-state index is -1.12. The zero-order valence-electron chi connectivity index (χ0n) is 11.7. The van der Waals surface area contributed by atoms with Gasteiger partial charge in [0.05, 0.1) is 6.61 Å². The van der Waals surface area contributed by atoms with E-state index in [1.807, 2.05) is 37.3 Å². The van der Waals surface area contributed by atoms with Gasteiger partial charge in [0.2, 0.25) is 0 Å². The average Bonchev–Trinajstić information content (AvgIpc) is 2.47. The molecular weight excluding hydrogens is 268 g/mol. The number of carboxylic acid groups (broad SMARTS) is 1. The van der Waals surface area contributed by atoms with Crippen LogP contribution in [-0.4, -0.2) is 23.5 Å². The Labute approximate surface area is 123 Å². The number of ketones is 1. The number of carbonyl (C=O) groups excluding carboxylic acids is 1. The highest BCUT2D eigenvalue weighted by atomic mass is 16.5. The first-order valence-corrected chi connectivity index (χ1v) is 6.68. The van der Waals surface area contributed by atoms with Gasteiger partial charge in [0.15, 0.2) is 5.78 Å². The molecular formula is C17H16O4. The van der Waals surface area contributed by atoms with Crippen molar-refractivity contribution in [2.75, 3.05) is 6.61 Å². The van der Waals surface area contributed by atoms with E-state index in [9.17, 15) is 9.59 Å². The largest absolute Gasteiger partial charge is 0.494 e. The highest BCUT2D eigenvalue weighted by Gasteiger charge is 2.11. The fourth-order valence-corrected chi connectivity index (χ4v) is 2.04. The van der Waals surface area contributed by atoms with Crippen LogP contribution in [0.2, 0.25) is 0 Å². The fraction of sp³-hybridized carbons (Fsp3) is 0.176. The van der Waals surface area contributed by atoms with Crippen molar-refractivity contribution >= 4 is 11.8 Å². The van der Waals surface area contributed by atoms with Crippen LogP contribution in [0, 0.1) is 0 Å². The van der Waals surface area contributed by atoms with Gasteiger partial charge in [-0.2, -0.15) is 0 Å². The highest BCUT2D eigenvalue weighted by molar-refractivity contribution is 6.06. The van der Waals surface area contributed by atoms with Crippen molar-refractivity contribution in [1.82, 2.24) is 0 Å². The van der Waals surface area contributed by atoms with Crippen molar-refractivity contribution in [2.24, 2.45) is 0 Å².